The standard InChI is InChI=1S/C16H22N2O6/c1-9(2)14(17(20)21)11-6-12(15(10(3)4)18(22)23)8-13(7-11)16(19)24-5/h6-10,14-15H,1-5H3. The summed E-state index contributed by atoms with van der Waals surface area (Å²) in [7, 11) is 1.19. The summed E-state index contributed by atoms with van der Waals surface area (Å²) in [5, 5.41) is 22.8. The Morgan fingerprint density at radius 3 is 1.54 bits per heavy atom. The molecule has 0 heterocycles. The molecule has 132 valence electrons. The molecule has 8 heteroatoms. The van der Waals surface area contributed by atoms with Gasteiger partial charge in [0.1, 0.15) is 0 Å². The maximum absolute atomic E-state index is 11.9. The second-order valence-electron chi connectivity index (χ2n) is 6.33. The van der Waals surface area contributed by atoms with E-state index in [0.29, 0.717) is 0 Å². The largest absolute Gasteiger partial charge is 0.465 e. The minimum absolute atomic E-state index is 0.0741. The first kappa shape index (κ1) is 19.5. The molecule has 0 spiro atoms. The molecule has 0 amide bonds. The smallest absolute Gasteiger partial charge is 0.337 e. The lowest BCUT2D eigenvalue weighted by molar-refractivity contribution is -0.539. The summed E-state index contributed by atoms with van der Waals surface area (Å²) < 4.78 is 4.67. The first-order valence-corrected chi connectivity index (χ1v) is 7.60. The van der Waals surface area contributed by atoms with Gasteiger partial charge in [0.05, 0.1) is 12.7 Å². The van der Waals surface area contributed by atoms with Crippen molar-refractivity contribution in [3.8, 4) is 0 Å². The van der Waals surface area contributed by atoms with Crippen molar-refractivity contribution in [2.75, 3.05) is 7.11 Å². The van der Waals surface area contributed by atoms with Gasteiger partial charge in [-0.2, -0.15) is 0 Å². The summed E-state index contributed by atoms with van der Waals surface area (Å²) in [6.07, 6.45) is 0. The van der Waals surface area contributed by atoms with Crippen LogP contribution in [0.2, 0.25) is 0 Å². The molecule has 1 aromatic rings. The number of benzene rings is 1. The zero-order chi connectivity index (χ0) is 18.6. The molecule has 1 rings (SSSR count). The number of carbonyl (C=O) groups is 1. The Hall–Kier alpha value is -2.51. The van der Waals surface area contributed by atoms with E-state index in [0.717, 1.165) is 0 Å². The van der Waals surface area contributed by atoms with Crippen LogP contribution in [0.5, 0.6) is 0 Å². The number of methoxy groups -OCH3 is 1. The van der Waals surface area contributed by atoms with Gasteiger partial charge in [-0.3, -0.25) is 20.2 Å². The molecule has 0 aliphatic rings. The van der Waals surface area contributed by atoms with E-state index in [1.165, 1.54) is 25.3 Å². The van der Waals surface area contributed by atoms with Gasteiger partial charge in [-0.15, -0.1) is 0 Å². The van der Waals surface area contributed by atoms with Gasteiger partial charge in [0.25, 0.3) is 0 Å². The lowest BCUT2D eigenvalue weighted by Crippen LogP contribution is -2.21. The van der Waals surface area contributed by atoms with Crippen LogP contribution < -0.4 is 0 Å². The molecule has 0 saturated heterocycles. The third kappa shape index (κ3) is 4.27. The number of hydrogen-bond donors (Lipinski definition) is 0. The highest BCUT2D eigenvalue weighted by Gasteiger charge is 2.33. The number of ether oxygens (including phenoxy) is 1. The maximum atomic E-state index is 11.9. The van der Waals surface area contributed by atoms with E-state index in [-0.39, 0.29) is 28.5 Å². The lowest BCUT2D eigenvalue weighted by Gasteiger charge is -2.18. The minimum atomic E-state index is -1.06. The van der Waals surface area contributed by atoms with Gasteiger partial charge >= 0.3 is 5.97 Å². The average molecular weight is 338 g/mol. The Kier molecular flexibility index (Phi) is 6.39. The van der Waals surface area contributed by atoms with Crippen LogP contribution >= 0.6 is 0 Å². The van der Waals surface area contributed by atoms with Crippen LogP contribution in [0.1, 0.15) is 61.3 Å². The van der Waals surface area contributed by atoms with Crippen LogP contribution in [-0.2, 0) is 4.74 Å². The fourth-order valence-corrected chi connectivity index (χ4v) is 2.75. The Balaban J connectivity index is 3.60. The third-order valence-corrected chi connectivity index (χ3v) is 3.80. The number of nitrogens with zero attached hydrogens (tertiary/aromatic N) is 2. The van der Waals surface area contributed by atoms with Gasteiger partial charge in [-0.1, -0.05) is 27.7 Å². The third-order valence-electron chi connectivity index (χ3n) is 3.80. The maximum Gasteiger partial charge on any atom is 0.337 e. The average Bonchev–Trinajstić information content (AvgIpc) is 2.44. The lowest BCUT2D eigenvalue weighted by atomic mass is 9.89. The monoisotopic (exact) mass is 338 g/mol. The number of carbonyl (C=O) groups excluding carboxylic acids is 1. The Labute approximate surface area is 140 Å². The van der Waals surface area contributed by atoms with Gasteiger partial charge in [0, 0.05) is 32.8 Å². The van der Waals surface area contributed by atoms with Crippen molar-refractivity contribution in [3.05, 3.63) is 55.1 Å². The molecule has 0 aliphatic heterocycles. The Morgan fingerprint density at radius 1 is 0.917 bits per heavy atom. The highest BCUT2D eigenvalue weighted by atomic mass is 16.6. The molecule has 24 heavy (non-hydrogen) atoms. The van der Waals surface area contributed by atoms with Crippen LogP contribution in [0.3, 0.4) is 0 Å². The predicted molar refractivity (Wildman–Crippen MR) is 86.9 cm³/mol. The molecular formula is C16H22N2O6. The molecule has 0 N–H and O–H groups in total. The summed E-state index contributed by atoms with van der Waals surface area (Å²) in [6, 6.07) is 2.08. The first-order chi connectivity index (χ1) is 11.1. The van der Waals surface area contributed by atoms with Crippen molar-refractivity contribution < 1.29 is 19.4 Å². The van der Waals surface area contributed by atoms with E-state index in [9.17, 15) is 25.0 Å². The summed E-state index contributed by atoms with van der Waals surface area (Å²) in [6.45, 7) is 6.74. The van der Waals surface area contributed by atoms with E-state index in [2.05, 4.69) is 4.74 Å². The highest BCUT2D eigenvalue weighted by molar-refractivity contribution is 5.89. The van der Waals surface area contributed by atoms with E-state index in [4.69, 9.17) is 0 Å². The second kappa shape index (κ2) is 7.85. The number of esters is 1. The molecule has 0 fully saturated rings. The van der Waals surface area contributed by atoms with Crippen LogP contribution in [0.4, 0.5) is 0 Å². The molecule has 0 aliphatic carbocycles. The predicted octanol–water partition coefficient (Wildman–Crippen LogP) is 3.42. The van der Waals surface area contributed by atoms with Gasteiger partial charge in [-0.25, -0.2) is 4.79 Å². The van der Waals surface area contributed by atoms with Crippen LogP contribution in [0, 0.1) is 32.1 Å². The summed E-state index contributed by atoms with van der Waals surface area (Å²) >= 11 is 0. The number of hydrogen-bond acceptors (Lipinski definition) is 6. The van der Waals surface area contributed by atoms with Crippen molar-refractivity contribution in [2.45, 2.75) is 39.8 Å². The van der Waals surface area contributed by atoms with Crippen LogP contribution in [0.25, 0.3) is 0 Å². The Bertz CT molecular complexity index is 597. The molecule has 2 unspecified atom stereocenters. The van der Waals surface area contributed by atoms with Crippen LogP contribution in [-0.4, -0.2) is 22.9 Å². The normalized spacial score (nSPS) is 13.6. The summed E-state index contributed by atoms with van der Waals surface area (Å²) in [4.78, 5) is 33.8. The molecule has 8 nitrogen and oxygen atoms in total. The quantitative estimate of drug-likeness (QED) is 0.427. The Morgan fingerprint density at radius 2 is 1.29 bits per heavy atom. The number of nitro groups is 2. The molecule has 0 bridgehead atoms. The molecule has 0 aromatic heterocycles. The van der Waals surface area contributed by atoms with Crippen molar-refractivity contribution in [3.63, 3.8) is 0 Å². The topological polar surface area (TPSA) is 113 Å². The zero-order valence-corrected chi connectivity index (χ0v) is 14.4. The highest BCUT2D eigenvalue weighted by Crippen LogP contribution is 2.32. The second-order valence-corrected chi connectivity index (χ2v) is 6.33. The fourth-order valence-electron chi connectivity index (χ4n) is 2.75. The minimum Gasteiger partial charge on any atom is -0.465 e. The summed E-state index contributed by atoms with van der Waals surface area (Å²) in [5.74, 6) is -1.36. The SMILES string of the molecule is COC(=O)c1cc(C(C(C)C)[N+](=O)[O-])cc(C(C(C)C)[N+](=O)[O-])c1. The first-order valence-electron chi connectivity index (χ1n) is 7.60. The van der Waals surface area contributed by atoms with Gasteiger partial charge < -0.3 is 4.74 Å². The molecule has 0 saturated carbocycles. The van der Waals surface area contributed by atoms with Gasteiger partial charge in [0.15, 0.2) is 0 Å². The van der Waals surface area contributed by atoms with E-state index < -0.39 is 27.9 Å². The fraction of sp³-hybridized carbons (Fsp3) is 0.562. The van der Waals surface area contributed by atoms with Crippen molar-refractivity contribution in [2.24, 2.45) is 11.8 Å². The van der Waals surface area contributed by atoms with E-state index in [1.807, 2.05) is 0 Å². The molecule has 0 radical (unpaired) electrons. The number of rotatable bonds is 7. The van der Waals surface area contributed by atoms with Gasteiger partial charge in [0.2, 0.25) is 12.1 Å². The van der Waals surface area contributed by atoms with Crippen LogP contribution in [0.15, 0.2) is 18.2 Å². The molecular weight excluding hydrogens is 316 g/mol. The van der Waals surface area contributed by atoms with Crippen molar-refractivity contribution >= 4 is 5.97 Å². The zero-order valence-electron chi connectivity index (χ0n) is 14.4. The van der Waals surface area contributed by atoms with Crippen molar-refractivity contribution in [1.82, 2.24) is 0 Å². The van der Waals surface area contributed by atoms with E-state index in [1.54, 1.807) is 27.7 Å². The van der Waals surface area contributed by atoms with Gasteiger partial charge in [-0.05, 0) is 18.2 Å². The molecule has 1 aromatic carbocycles. The molecule has 2 atom stereocenters. The van der Waals surface area contributed by atoms with Crippen molar-refractivity contribution in [1.29, 1.82) is 0 Å². The summed E-state index contributed by atoms with van der Waals surface area (Å²) in [5.41, 5.74) is 0.603. The van der Waals surface area contributed by atoms with E-state index >= 15 is 0 Å².